The molecule has 1 heterocycles. The van der Waals surface area contributed by atoms with E-state index in [9.17, 15) is 0 Å². The fourth-order valence-electron chi connectivity index (χ4n) is 1.15. The van der Waals surface area contributed by atoms with Crippen LogP contribution in [0, 0.1) is 6.92 Å². The molecule has 0 aromatic carbocycles. The van der Waals surface area contributed by atoms with Crippen molar-refractivity contribution < 1.29 is 0 Å². The molecule has 1 rings (SSSR count). The van der Waals surface area contributed by atoms with Crippen LogP contribution in [0.4, 0.5) is 0 Å². The van der Waals surface area contributed by atoms with E-state index in [0.717, 1.165) is 17.9 Å². The number of nitrogens with zero attached hydrogens (tertiary/aromatic N) is 1. The summed E-state index contributed by atoms with van der Waals surface area (Å²) in [6, 6.07) is 2.02. The van der Waals surface area contributed by atoms with Crippen molar-refractivity contribution in [1.29, 1.82) is 0 Å². The zero-order chi connectivity index (χ0) is 11.3. The van der Waals surface area contributed by atoms with E-state index >= 15 is 0 Å². The van der Waals surface area contributed by atoms with Crippen molar-refractivity contribution in [3.8, 4) is 0 Å². The minimum atomic E-state index is 0.238. The molecule has 4 heteroatoms. The summed E-state index contributed by atoms with van der Waals surface area (Å²) in [6.07, 6.45) is 2.81. The Morgan fingerprint density at radius 2 is 2.27 bits per heavy atom. The van der Waals surface area contributed by atoms with Gasteiger partial charge in [-0.2, -0.15) is 0 Å². The van der Waals surface area contributed by atoms with Crippen LogP contribution in [0.15, 0.2) is 17.2 Å². The number of aromatic nitrogens is 1. The van der Waals surface area contributed by atoms with Gasteiger partial charge in [0.15, 0.2) is 0 Å². The van der Waals surface area contributed by atoms with E-state index in [-0.39, 0.29) is 5.38 Å². The minimum Gasteiger partial charge on any atom is -0.260 e. The number of hydrogen-bond donors (Lipinski definition) is 0. The van der Waals surface area contributed by atoms with Gasteiger partial charge in [-0.1, -0.05) is 6.92 Å². The van der Waals surface area contributed by atoms with E-state index in [2.05, 4.69) is 18.8 Å². The molecule has 0 fully saturated rings. The van der Waals surface area contributed by atoms with Crippen molar-refractivity contribution in [2.75, 3.05) is 5.75 Å². The Hall–Kier alpha value is 0.0800. The molecule has 15 heavy (non-hydrogen) atoms. The van der Waals surface area contributed by atoms with Crippen molar-refractivity contribution in [2.45, 2.75) is 36.4 Å². The van der Waals surface area contributed by atoms with Gasteiger partial charge in [0, 0.05) is 22.2 Å². The highest BCUT2D eigenvalue weighted by molar-refractivity contribution is 7.99. The van der Waals surface area contributed by atoms with Crippen LogP contribution >= 0.6 is 35.0 Å². The lowest BCUT2D eigenvalue weighted by atomic mass is 10.2. The molecular weight excluding hydrogens is 249 g/mol. The third-order valence-corrected chi connectivity index (χ3v) is 4.47. The first-order valence-electron chi connectivity index (χ1n) is 4.96. The zero-order valence-electron chi connectivity index (χ0n) is 8.96. The highest BCUT2D eigenvalue weighted by Crippen LogP contribution is 2.26. The van der Waals surface area contributed by atoms with Gasteiger partial charge in [-0.05, 0) is 25.0 Å². The molecule has 0 bridgehead atoms. The molecule has 1 aromatic heterocycles. The number of hydrogen-bond acceptors (Lipinski definition) is 2. The molecule has 1 atom stereocenters. The summed E-state index contributed by atoms with van der Waals surface area (Å²) < 4.78 is 0. The number of alkyl halides is 2. The van der Waals surface area contributed by atoms with Crippen molar-refractivity contribution >= 4 is 35.0 Å². The quantitative estimate of drug-likeness (QED) is 0.582. The molecule has 0 aliphatic heterocycles. The van der Waals surface area contributed by atoms with Gasteiger partial charge in [0.1, 0.15) is 0 Å². The normalized spacial score (nSPS) is 12.8. The summed E-state index contributed by atoms with van der Waals surface area (Å²) in [7, 11) is 0. The van der Waals surface area contributed by atoms with Crippen molar-refractivity contribution in [2.24, 2.45) is 0 Å². The Labute approximate surface area is 106 Å². The van der Waals surface area contributed by atoms with Crippen LogP contribution in [0.2, 0.25) is 0 Å². The van der Waals surface area contributed by atoms with Gasteiger partial charge < -0.3 is 0 Å². The predicted molar refractivity (Wildman–Crippen MR) is 69.2 cm³/mol. The first-order valence-corrected chi connectivity index (χ1v) is 6.92. The van der Waals surface area contributed by atoms with Crippen LogP contribution in [-0.2, 0) is 5.88 Å². The highest BCUT2D eigenvalue weighted by Gasteiger charge is 2.07. The maximum Gasteiger partial charge on any atom is 0.0650 e. The number of pyridine rings is 1. The van der Waals surface area contributed by atoms with Crippen LogP contribution in [0.5, 0.6) is 0 Å². The zero-order valence-corrected chi connectivity index (χ0v) is 11.3. The Morgan fingerprint density at radius 3 is 2.87 bits per heavy atom. The summed E-state index contributed by atoms with van der Waals surface area (Å²) in [5, 5.41) is 0.238. The molecule has 1 aromatic rings. The van der Waals surface area contributed by atoms with Gasteiger partial charge in [0.2, 0.25) is 0 Å². The average molecular weight is 264 g/mol. The third-order valence-electron chi connectivity index (χ3n) is 2.25. The highest BCUT2D eigenvalue weighted by atomic mass is 35.5. The second kappa shape index (κ2) is 6.62. The van der Waals surface area contributed by atoms with E-state index in [4.69, 9.17) is 23.2 Å². The number of rotatable bonds is 5. The average Bonchev–Trinajstić information content (AvgIpc) is 2.27. The molecule has 0 N–H and O–H groups in total. The second-order valence-corrected chi connectivity index (χ2v) is 5.28. The van der Waals surface area contributed by atoms with Crippen LogP contribution < -0.4 is 0 Å². The number of thioether (sulfide) groups is 1. The van der Waals surface area contributed by atoms with Crippen LogP contribution in [-0.4, -0.2) is 16.1 Å². The largest absolute Gasteiger partial charge is 0.260 e. The summed E-state index contributed by atoms with van der Waals surface area (Å²) >= 11 is 13.7. The van der Waals surface area contributed by atoms with Gasteiger partial charge in [-0.3, -0.25) is 4.98 Å². The molecule has 0 saturated carbocycles. The van der Waals surface area contributed by atoms with Gasteiger partial charge in [0.25, 0.3) is 0 Å². The molecule has 0 aliphatic rings. The van der Waals surface area contributed by atoms with E-state index in [1.54, 1.807) is 11.8 Å². The smallest absolute Gasteiger partial charge is 0.0650 e. The fraction of sp³-hybridized carbons (Fsp3) is 0.545. The molecule has 0 spiro atoms. The maximum absolute atomic E-state index is 6.08. The minimum absolute atomic E-state index is 0.238. The molecule has 84 valence electrons. The predicted octanol–water partition coefficient (Wildman–Crippen LogP) is 4.24. The van der Waals surface area contributed by atoms with Gasteiger partial charge in [-0.15, -0.1) is 35.0 Å². The molecule has 0 radical (unpaired) electrons. The van der Waals surface area contributed by atoms with E-state index in [1.807, 2.05) is 12.3 Å². The lowest BCUT2D eigenvalue weighted by Crippen LogP contribution is -2.00. The molecule has 0 saturated heterocycles. The Kier molecular flexibility index (Phi) is 5.80. The molecule has 1 unspecified atom stereocenters. The maximum atomic E-state index is 6.08. The molecular formula is C11H15Cl2NS. The first kappa shape index (κ1) is 13.1. The van der Waals surface area contributed by atoms with Crippen LogP contribution in [0.25, 0.3) is 0 Å². The monoisotopic (exact) mass is 263 g/mol. The Bertz CT molecular complexity index is 317. The molecule has 1 nitrogen and oxygen atoms in total. The lowest BCUT2D eigenvalue weighted by molar-refractivity contribution is 0.904. The summed E-state index contributed by atoms with van der Waals surface area (Å²) in [5.74, 6) is 1.41. The summed E-state index contributed by atoms with van der Waals surface area (Å²) in [5.41, 5.74) is 2.14. The topological polar surface area (TPSA) is 12.9 Å². The Balaban J connectivity index is 2.68. The van der Waals surface area contributed by atoms with E-state index in [1.165, 1.54) is 10.5 Å². The van der Waals surface area contributed by atoms with E-state index < -0.39 is 0 Å². The SMILES string of the molecule is CCC(Cl)CSc1ccnc(CCl)c1C. The van der Waals surface area contributed by atoms with Crippen LogP contribution in [0.3, 0.4) is 0 Å². The van der Waals surface area contributed by atoms with Gasteiger partial charge >= 0.3 is 0 Å². The summed E-state index contributed by atoms with van der Waals surface area (Å²) in [4.78, 5) is 5.46. The Morgan fingerprint density at radius 1 is 1.53 bits per heavy atom. The third kappa shape index (κ3) is 3.86. The van der Waals surface area contributed by atoms with Crippen molar-refractivity contribution in [3.63, 3.8) is 0 Å². The second-order valence-electron chi connectivity index (χ2n) is 3.33. The molecule has 0 aliphatic carbocycles. The fourth-order valence-corrected chi connectivity index (χ4v) is 2.69. The van der Waals surface area contributed by atoms with E-state index in [0.29, 0.717) is 5.88 Å². The number of halogens is 2. The summed E-state index contributed by atoms with van der Waals surface area (Å²) in [6.45, 7) is 4.16. The van der Waals surface area contributed by atoms with Gasteiger partial charge in [-0.25, -0.2) is 0 Å². The first-order chi connectivity index (χ1) is 7.19. The van der Waals surface area contributed by atoms with Crippen molar-refractivity contribution in [3.05, 3.63) is 23.5 Å². The lowest BCUT2D eigenvalue weighted by Gasteiger charge is -2.10. The van der Waals surface area contributed by atoms with Crippen LogP contribution in [0.1, 0.15) is 24.6 Å². The standard InChI is InChI=1S/C11H15Cl2NS/c1-3-9(13)7-15-11-4-5-14-10(6-12)8(11)2/h4-5,9H,3,6-7H2,1-2H3. The van der Waals surface area contributed by atoms with Gasteiger partial charge in [0.05, 0.1) is 11.6 Å². The van der Waals surface area contributed by atoms with Crippen molar-refractivity contribution in [1.82, 2.24) is 4.98 Å². The molecule has 0 amide bonds.